The van der Waals surface area contributed by atoms with Gasteiger partial charge in [-0.15, -0.1) is 0 Å². The second-order valence-electron chi connectivity index (χ2n) is 8.46. The molecule has 7 nitrogen and oxygen atoms in total. The number of methoxy groups -OCH3 is 1. The predicted octanol–water partition coefficient (Wildman–Crippen LogP) is 5.36. The second-order valence-corrected chi connectivity index (χ2v) is 8.86. The number of benzene rings is 1. The zero-order chi connectivity index (χ0) is 22.8. The lowest BCUT2D eigenvalue weighted by Crippen LogP contribution is -2.19. The van der Waals surface area contributed by atoms with Gasteiger partial charge in [0.2, 0.25) is 0 Å². The lowest BCUT2D eigenvalue weighted by Gasteiger charge is -2.20. The van der Waals surface area contributed by atoms with Gasteiger partial charge in [0, 0.05) is 12.0 Å². The van der Waals surface area contributed by atoms with Crippen molar-refractivity contribution in [2.75, 3.05) is 12.4 Å². The maximum absolute atomic E-state index is 13.1. The van der Waals surface area contributed by atoms with Crippen LogP contribution in [0.4, 0.5) is 5.69 Å². The number of amides is 1. The molecule has 0 saturated heterocycles. The first-order valence-electron chi connectivity index (χ1n) is 11.1. The number of hydrogen-bond acceptors (Lipinski definition) is 5. The molecular weight excluding hydrogens is 428 g/mol. The Bertz CT molecular complexity index is 1130. The number of fused-ring (bicyclic) bond motifs is 1. The Labute approximate surface area is 193 Å². The fourth-order valence-corrected chi connectivity index (χ4v) is 4.78. The number of aryl methyl sites for hydroxylation is 2. The van der Waals surface area contributed by atoms with Crippen molar-refractivity contribution in [3.63, 3.8) is 0 Å². The van der Waals surface area contributed by atoms with E-state index in [0.717, 1.165) is 60.4 Å². The van der Waals surface area contributed by atoms with Crippen molar-refractivity contribution in [3.05, 3.63) is 57.2 Å². The van der Waals surface area contributed by atoms with E-state index in [-0.39, 0.29) is 5.91 Å². The highest BCUT2D eigenvalue weighted by Crippen LogP contribution is 2.31. The lowest BCUT2D eigenvalue weighted by atomic mass is 9.84. The minimum atomic E-state index is -0.245. The van der Waals surface area contributed by atoms with Crippen molar-refractivity contribution in [1.29, 1.82) is 0 Å². The smallest absolute Gasteiger partial charge is 0.278 e. The summed E-state index contributed by atoms with van der Waals surface area (Å²) in [4.78, 5) is 13.1. The maximum Gasteiger partial charge on any atom is 0.278 e. The summed E-state index contributed by atoms with van der Waals surface area (Å²) < 4.78 is 12.6. The molecule has 1 aliphatic carbocycles. The highest BCUT2D eigenvalue weighted by Gasteiger charge is 2.29. The number of anilines is 1. The molecule has 0 aliphatic heterocycles. The Hall–Kier alpha value is -2.80. The predicted molar refractivity (Wildman–Crippen MR) is 124 cm³/mol. The number of carbonyl (C=O) groups is 1. The van der Waals surface area contributed by atoms with Crippen molar-refractivity contribution >= 4 is 23.2 Å². The average molecular weight is 457 g/mol. The Morgan fingerprint density at radius 1 is 1.38 bits per heavy atom. The van der Waals surface area contributed by atoms with Crippen LogP contribution in [0.2, 0.25) is 5.02 Å². The Morgan fingerprint density at radius 2 is 2.19 bits per heavy atom. The van der Waals surface area contributed by atoms with Gasteiger partial charge in [-0.1, -0.05) is 42.6 Å². The van der Waals surface area contributed by atoms with Crippen LogP contribution in [0.15, 0.2) is 22.7 Å². The zero-order valence-corrected chi connectivity index (χ0v) is 19.8. The van der Waals surface area contributed by atoms with Crippen molar-refractivity contribution < 1.29 is 14.1 Å². The molecule has 1 N–H and O–H groups in total. The van der Waals surface area contributed by atoms with Crippen molar-refractivity contribution in [1.82, 2.24) is 14.9 Å². The number of aromatic nitrogens is 3. The monoisotopic (exact) mass is 456 g/mol. The number of nitrogens with one attached hydrogen (secondary N) is 1. The molecule has 2 aromatic heterocycles. The summed E-state index contributed by atoms with van der Waals surface area (Å²) >= 11 is 6.26. The van der Waals surface area contributed by atoms with E-state index in [1.807, 2.05) is 36.7 Å². The maximum atomic E-state index is 13.1. The van der Waals surface area contributed by atoms with Crippen LogP contribution in [0, 0.1) is 19.8 Å². The molecule has 0 fully saturated rings. The molecule has 1 atom stereocenters. The molecule has 0 bridgehead atoms. The standard InChI is InChI=1S/C24H29ClN4O3/c1-5-6-16-7-9-20-18(11-16)23(28-32-20)24(30)26-22-14(2)27-29(15(22)3)13-17-8-10-21(31-4)19(25)12-17/h8,10,12,16H,5-7,9,11,13H2,1-4H3,(H,26,30). The van der Waals surface area contributed by atoms with Gasteiger partial charge in [0.1, 0.15) is 11.5 Å². The normalized spacial score (nSPS) is 15.5. The highest BCUT2D eigenvalue weighted by atomic mass is 35.5. The molecule has 1 amide bonds. The van der Waals surface area contributed by atoms with E-state index in [2.05, 4.69) is 22.5 Å². The highest BCUT2D eigenvalue weighted by molar-refractivity contribution is 6.32. The molecule has 0 radical (unpaired) electrons. The first kappa shape index (κ1) is 22.4. The second kappa shape index (κ2) is 9.36. The Morgan fingerprint density at radius 3 is 2.91 bits per heavy atom. The minimum Gasteiger partial charge on any atom is -0.495 e. The fraction of sp³-hybridized carbons (Fsp3) is 0.458. The summed E-state index contributed by atoms with van der Waals surface area (Å²) in [5, 5.41) is 12.3. The van der Waals surface area contributed by atoms with E-state index in [9.17, 15) is 4.79 Å². The summed E-state index contributed by atoms with van der Waals surface area (Å²) in [6, 6.07) is 5.66. The molecule has 1 unspecified atom stereocenters. The summed E-state index contributed by atoms with van der Waals surface area (Å²) in [5.74, 6) is 1.82. The Balaban J connectivity index is 1.52. The molecule has 3 aromatic rings. The molecular formula is C24H29ClN4O3. The van der Waals surface area contributed by atoms with Crippen molar-refractivity contribution in [2.24, 2.45) is 5.92 Å². The van der Waals surface area contributed by atoms with Gasteiger partial charge >= 0.3 is 0 Å². The van der Waals surface area contributed by atoms with Crippen LogP contribution < -0.4 is 10.1 Å². The number of halogens is 1. The molecule has 2 heterocycles. The zero-order valence-electron chi connectivity index (χ0n) is 19.0. The van der Waals surface area contributed by atoms with Crippen molar-refractivity contribution in [3.8, 4) is 5.75 Å². The number of nitrogens with zero attached hydrogens (tertiary/aromatic N) is 3. The number of ether oxygens (including phenoxy) is 1. The van der Waals surface area contributed by atoms with E-state index in [1.54, 1.807) is 7.11 Å². The first-order valence-corrected chi connectivity index (χ1v) is 11.4. The van der Waals surface area contributed by atoms with Gasteiger partial charge in [0.05, 0.1) is 35.8 Å². The SMILES string of the molecule is CCCC1CCc2onc(C(=O)Nc3c(C)nn(Cc4ccc(OC)c(Cl)c4)c3C)c2C1. The van der Waals surface area contributed by atoms with Gasteiger partial charge in [-0.25, -0.2) is 0 Å². The van der Waals surface area contributed by atoms with Crippen LogP contribution in [0.3, 0.4) is 0 Å². The molecule has 8 heteroatoms. The van der Waals surface area contributed by atoms with E-state index >= 15 is 0 Å². The summed E-state index contributed by atoms with van der Waals surface area (Å²) in [6.45, 7) is 6.55. The first-order chi connectivity index (χ1) is 15.4. The lowest BCUT2D eigenvalue weighted by molar-refractivity contribution is 0.101. The van der Waals surface area contributed by atoms with Crippen LogP contribution in [-0.4, -0.2) is 28.0 Å². The van der Waals surface area contributed by atoms with Gasteiger partial charge in [0.25, 0.3) is 5.91 Å². The third-order valence-corrected chi connectivity index (χ3v) is 6.52. The molecule has 4 rings (SSSR count). The third-order valence-electron chi connectivity index (χ3n) is 6.22. The van der Waals surface area contributed by atoms with Gasteiger partial charge in [0.15, 0.2) is 5.69 Å². The molecule has 0 spiro atoms. The van der Waals surface area contributed by atoms with Crippen LogP contribution in [-0.2, 0) is 19.4 Å². The van der Waals surface area contributed by atoms with Gasteiger partial charge in [-0.3, -0.25) is 9.48 Å². The molecule has 1 aromatic carbocycles. The summed E-state index contributed by atoms with van der Waals surface area (Å²) in [5.41, 5.74) is 4.66. The number of rotatable bonds is 7. The van der Waals surface area contributed by atoms with Gasteiger partial charge in [-0.2, -0.15) is 5.10 Å². The molecule has 1 aliphatic rings. The third kappa shape index (κ3) is 4.39. The van der Waals surface area contributed by atoms with Gasteiger partial charge in [-0.05, 0) is 50.3 Å². The minimum absolute atomic E-state index is 0.245. The number of hydrogen-bond donors (Lipinski definition) is 1. The van der Waals surface area contributed by atoms with Crippen LogP contribution in [0.5, 0.6) is 5.75 Å². The van der Waals surface area contributed by atoms with E-state index in [4.69, 9.17) is 20.9 Å². The summed E-state index contributed by atoms with van der Waals surface area (Å²) in [6.07, 6.45) is 5.10. The Kier molecular flexibility index (Phi) is 6.55. The van der Waals surface area contributed by atoms with E-state index in [0.29, 0.717) is 34.6 Å². The molecule has 32 heavy (non-hydrogen) atoms. The van der Waals surface area contributed by atoms with E-state index in [1.165, 1.54) is 0 Å². The largest absolute Gasteiger partial charge is 0.495 e. The van der Waals surface area contributed by atoms with E-state index < -0.39 is 0 Å². The average Bonchev–Trinajstić information content (AvgIpc) is 3.30. The van der Waals surface area contributed by atoms with Crippen LogP contribution in [0.1, 0.15) is 64.9 Å². The fourth-order valence-electron chi connectivity index (χ4n) is 4.49. The number of carbonyl (C=O) groups excluding carboxylic acids is 1. The van der Waals surface area contributed by atoms with Crippen LogP contribution in [0.25, 0.3) is 0 Å². The van der Waals surface area contributed by atoms with Gasteiger partial charge < -0.3 is 14.6 Å². The van der Waals surface area contributed by atoms with Crippen LogP contribution >= 0.6 is 11.6 Å². The van der Waals surface area contributed by atoms with Crippen molar-refractivity contribution in [2.45, 2.75) is 59.4 Å². The molecule has 170 valence electrons. The summed E-state index contributed by atoms with van der Waals surface area (Å²) in [7, 11) is 1.59. The topological polar surface area (TPSA) is 82.2 Å². The quantitative estimate of drug-likeness (QED) is 0.517. The molecule has 0 saturated carbocycles.